The van der Waals surface area contributed by atoms with Crippen LogP contribution in [0.15, 0.2) is 46.3 Å². The van der Waals surface area contributed by atoms with E-state index in [4.69, 9.17) is 0 Å². The molecular formula is C18H15BrN2OS2. The Kier molecular flexibility index (Phi) is 5.28. The van der Waals surface area contributed by atoms with Crippen LogP contribution in [0, 0.1) is 13.8 Å². The molecule has 3 nitrogen and oxygen atoms in total. The highest BCUT2D eigenvalue weighted by Crippen LogP contribution is 2.26. The Morgan fingerprint density at radius 1 is 1.21 bits per heavy atom. The number of nitrogens with one attached hydrogen (secondary N) is 1. The van der Waals surface area contributed by atoms with Crippen molar-refractivity contribution in [2.24, 2.45) is 0 Å². The van der Waals surface area contributed by atoms with E-state index in [0.717, 1.165) is 25.5 Å². The minimum atomic E-state index is -0.153. The van der Waals surface area contributed by atoms with Crippen LogP contribution >= 0.6 is 38.6 Å². The predicted molar refractivity (Wildman–Crippen MR) is 107 cm³/mol. The first-order chi connectivity index (χ1) is 11.5. The van der Waals surface area contributed by atoms with Gasteiger partial charge in [-0.15, -0.1) is 22.7 Å². The average molecular weight is 419 g/mol. The van der Waals surface area contributed by atoms with Crippen molar-refractivity contribution in [3.8, 4) is 0 Å². The Balaban J connectivity index is 1.94. The van der Waals surface area contributed by atoms with Gasteiger partial charge in [0, 0.05) is 19.8 Å². The number of aromatic nitrogens is 1. The Bertz CT molecular complexity index is 861. The van der Waals surface area contributed by atoms with E-state index in [2.05, 4.69) is 26.2 Å². The van der Waals surface area contributed by atoms with Gasteiger partial charge in [-0.25, -0.2) is 4.98 Å². The van der Waals surface area contributed by atoms with Crippen LogP contribution in [0.4, 0.5) is 5.13 Å². The van der Waals surface area contributed by atoms with Gasteiger partial charge in [-0.1, -0.05) is 34.1 Å². The molecule has 1 amide bonds. The first-order valence-corrected chi connectivity index (χ1v) is 9.78. The molecule has 1 aromatic carbocycles. The summed E-state index contributed by atoms with van der Waals surface area (Å²) in [4.78, 5) is 19.4. The number of benzene rings is 1. The van der Waals surface area contributed by atoms with Gasteiger partial charge in [-0.3, -0.25) is 10.1 Å². The zero-order chi connectivity index (χ0) is 17.1. The van der Waals surface area contributed by atoms with Crippen LogP contribution in [-0.4, -0.2) is 10.9 Å². The minimum absolute atomic E-state index is 0.153. The molecule has 0 spiro atoms. The van der Waals surface area contributed by atoms with E-state index in [9.17, 15) is 4.79 Å². The van der Waals surface area contributed by atoms with Gasteiger partial charge in [0.1, 0.15) is 0 Å². The van der Waals surface area contributed by atoms with E-state index in [1.54, 1.807) is 11.3 Å². The lowest BCUT2D eigenvalue weighted by molar-refractivity contribution is -0.111. The highest BCUT2D eigenvalue weighted by atomic mass is 79.9. The summed E-state index contributed by atoms with van der Waals surface area (Å²) >= 11 is 6.52. The second-order valence-electron chi connectivity index (χ2n) is 5.20. The SMILES string of the molecule is Cc1nc(NC(=O)C(=Cc2cccs2)c2ccc(Br)cc2)sc1C. The molecule has 6 heteroatoms. The van der Waals surface area contributed by atoms with Crippen molar-refractivity contribution in [2.45, 2.75) is 13.8 Å². The summed E-state index contributed by atoms with van der Waals surface area (Å²) in [5.41, 5.74) is 2.44. The molecule has 0 bridgehead atoms. The van der Waals surface area contributed by atoms with Gasteiger partial charge >= 0.3 is 0 Å². The lowest BCUT2D eigenvalue weighted by Gasteiger charge is -2.08. The van der Waals surface area contributed by atoms with Crippen LogP contribution in [0.25, 0.3) is 11.6 Å². The molecule has 0 fully saturated rings. The molecule has 0 aliphatic rings. The molecular weight excluding hydrogens is 404 g/mol. The van der Waals surface area contributed by atoms with Gasteiger partial charge in [-0.2, -0.15) is 0 Å². The molecule has 122 valence electrons. The third-order valence-electron chi connectivity index (χ3n) is 3.48. The summed E-state index contributed by atoms with van der Waals surface area (Å²) in [6, 6.07) is 11.7. The van der Waals surface area contributed by atoms with Gasteiger partial charge in [0.05, 0.1) is 5.69 Å². The average Bonchev–Trinajstić information content (AvgIpc) is 3.16. The number of thiophene rings is 1. The van der Waals surface area contributed by atoms with E-state index >= 15 is 0 Å². The first kappa shape index (κ1) is 17.1. The maximum atomic E-state index is 12.8. The number of hydrogen-bond donors (Lipinski definition) is 1. The summed E-state index contributed by atoms with van der Waals surface area (Å²) in [6.07, 6.45) is 1.91. The Labute approximate surface area is 157 Å². The molecule has 0 atom stereocenters. The maximum Gasteiger partial charge on any atom is 0.258 e. The molecule has 0 aliphatic carbocycles. The van der Waals surface area contributed by atoms with Crippen LogP contribution in [0.1, 0.15) is 21.0 Å². The summed E-state index contributed by atoms with van der Waals surface area (Å²) in [7, 11) is 0. The van der Waals surface area contributed by atoms with Crippen LogP contribution in [0.3, 0.4) is 0 Å². The molecule has 0 saturated heterocycles. The molecule has 2 heterocycles. The molecule has 0 saturated carbocycles. The quantitative estimate of drug-likeness (QED) is 0.546. The number of hydrogen-bond acceptors (Lipinski definition) is 4. The first-order valence-electron chi connectivity index (χ1n) is 7.29. The Morgan fingerprint density at radius 2 is 1.96 bits per heavy atom. The number of carbonyl (C=O) groups excluding carboxylic acids is 1. The lowest BCUT2D eigenvalue weighted by Crippen LogP contribution is -2.13. The highest BCUT2D eigenvalue weighted by molar-refractivity contribution is 9.10. The van der Waals surface area contributed by atoms with Gasteiger partial charge in [0.2, 0.25) is 0 Å². The number of nitrogens with zero attached hydrogens (tertiary/aromatic N) is 1. The smallest absolute Gasteiger partial charge is 0.258 e. The number of rotatable bonds is 4. The molecule has 0 aliphatic heterocycles. The van der Waals surface area contributed by atoms with Gasteiger partial charge in [0.15, 0.2) is 5.13 Å². The fourth-order valence-corrected chi connectivity index (χ4v) is 3.85. The fraction of sp³-hybridized carbons (Fsp3) is 0.111. The van der Waals surface area contributed by atoms with Gasteiger partial charge in [-0.05, 0) is 49.1 Å². The van der Waals surface area contributed by atoms with Crippen molar-refractivity contribution in [3.05, 3.63) is 67.3 Å². The third kappa shape index (κ3) is 4.01. The van der Waals surface area contributed by atoms with Crippen molar-refractivity contribution >= 4 is 61.3 Å². The summed E-state index contributed by atoms with van der Waals surface area (Å²) in [5, 5.41) is 5.55. The number of amides is 1. The van der Waals surface area contributed by atoms with Crippen molar-refractivity contribution < 1.29 is 4.79 Å². The number of aryl methyl sites for hydroxylation is 2. The van der Waals surface area contributed by atoms with E-state index in [0.29, 0.717) is 10.7 Å². The molecule has 1 N–H and O–H groups in total. The minimum Gasteiger partial charge on any atom is -0.298 e. The second kappa shape index (κ2) is 7.42. The molecule has 0 radical (unpaired) electrons. The monoisotopic (exact) mass is 418 g/mol. The fourth-order valence-electron chi connectivity index (χ4n) is 2.12. The van der Waals surface area contributed by atoms with Crippen LogP contribution in [0.2, 0.25) is 0 Å². The number of carbonyl (C=O) groups is 1. The van der Waals surface area contributed by atoms with Gasteiger partial charge in [0.25, 0.3) is 5.91 Å². The normalized spacial score (nSPS) is 11.5. The standard InChI is InChI=1S/C18H15BrN2OS2/c1-11-12(2)24-18(20-11)21-17(22)16(10-15-4-3-9-23-15)13-5-7-14(19)8-6-13/h3-10H,1-2H3,(H,20,21,22). The number of halogens is 1. The van der Waals surface area contributed by atoms with Crippen molar-refractivity contribution in [3.63, 3.8) is 0 Å². The topological polar surface area (TPSA) is 42.0 Å². The molecule has 0 unspecified atom stereocenters. The van der Waals surface area contributed by atoms with Crippen LogP contribution in [0.5, 0.6) is 0 Å². The van der Waals surface area contributed by atoms with E-state index in [1.807, 2.05) is 61.7 Å². The van der Waals surface area contributed by atoms with Crippen LogP contribution < -0.4 is 5.32 Å². The van der Waals surface area contributed by atoms with Crippen molar-refractivity contribution in [2.75, 3.05) is 5.32 Å². The molecule has 3 aromatic rings. The van der Waals surface area contributed by atoms with Gasteiger partial charge < -0.3 is 0 Å². The van der Waals surface area contributed by atoms with Crippen LogP contribution in [-0.2, 0) is 4.79 Å². The van der Waals surface area contributed by atoms with E-state index < -0.39 is 0 Å². The number of anilines is 1. The summed E-state index contributed by atoms with van der Waals surface area (Å²) < 4.78 is 0.980. The summed E-state index contributed by atoms with van der Waals surface area (Å²) in [6.45, 7) is 3.94. The lowest BCUT2D eigenvalue weighted by atomic mass is 10.0. The predicted octanol–water partition coefficient (Wildman–Crippen LogP) is 5.76. The van der Waals surface area contributed by atoms with Crippen molar-refractivity contribution in [1.29, 1.82) is 0 Å². The number of thiazole rings is 1. The highest BCUT2D eigenvalue weighted by Gasteiger charge is 2.15. The molecule has 2 aromatic heterocycles. The third-order valence-corrected chi connectivity index (χ3v) is 5.81. The Morgan fingerprint density at radius 3 is 2.54 bits per heavy atom. The molecule has 24 heavy (non-hydrogen) atoms. The zero-order valence-electron chi connectivity index (χ0n) is 13.2. The molecule has 3 rings (SSSR count). The van der Waals surface area contributed by atoms with E-state index in [-0.39, 0.29) is 5.91 Å². The maximum absolute atomic E-state index is 12.8. The second-order valence-corrected chi connectivity index (χ2v) is 8.29. The van der Waals surface area contributed by atoms with Crippen molar-refractivity contribution in [1.82, 2.24) is 4.98 Å². The largest absolute Gasteiger partial charge is 0.298 e. The Hall–Kier alpha value is -1.76. The van der Waals surface area contributed by atoms with E-state index in [1.165, 1.54) is 11.3 Å². The zero-order valence-corrected chi connectivity index (χ0v) is 16.4. The summed E-state index contributed by atoms with van der Waals surface area (Å²) in [5.74, 6) is -0.153.